The Bertz CT molecular complexity index is 1370. The fraction of sp³-hybridized carbons (Fsp3) is 0.269. The SMILES string of the molecule is CN1CCN(C(=O)Cn2c(=O)c(=Cc3ccccc3)n(C)c(=O)c2=Cc2ccccc2)CC1. The topological polar surface area (TPSA) is 67.5 Å². The fourth-order valence-corrected chi connectivity index (χ4v) is 3.95. The number of carbonyl (C=O) groups excluding carboxylic acids is 1. The molecule has 2 heterocycles. The molecule has 1 aromatic heterocycles. The summed E-state index contributed by atoms with van der Waals surface area (Å²) in [5, 5.41) is 0.434. The molecule has 1 aliphatic rings. The standard InChI is InChI=1S/C26H28N4O3/c1-27-13-15-29(16-14-27)24(31)19-30-23(18-21-11-7-4-8-12-21)25(32)28(2)22(26(30)33)17-20-9-5-3-6-10-20/h3-12,17-18H,13-16,19H2,1-2H3. The van der Waals surface area contributed by atoms with Crippen LogP contribution >= 0.6 is 0 Å². The number of piperazine rings is 1. The van der Waals surface area contributed by atoms with E-state index in [0.717, 1.165) is 24.2 Å². The third-order valence-electron chi connectivity index (χ3n) is 6.00. The lowest BCUT2D eigenvalue weighted by molar-refractivity contribution is -0.133. The highest BCUT2D eigenvalue weighted by molar-refractivity contribution is 5.76. The summed E-state index contributed by atoms with van der Waals surface area (Å²) in [5.41, 5.74) is 0.897. The van der Waals surface area contributed by atoms with Crippen LogP contribution in [0.25, 0.3) is 12.2 Å². The molecule has 7 nitrogen and oxygen atoms in total. The van der Waals surface area contributed by atoms with Gasteiger partial charge in [0.05, 0.1) is 0 Å². The highest BCUT2D eigenvalue weighted by atomic mass is 16.2. The Labute approximate surface area is 192 Å². The van der Waals surface area contributed by atoms with Crippen molar-refractivity contribution in [1.82, 2.24) is 18.9 Å². The summed E-state index contributed by atoms with van der Waals surface area (Å²) in [6.45, 7) is 2.61. The minimum Gasteiger partial charge on any atom is -0.339 e. The van der Waals surface area contributed by atoms with E-state index in [4.69, 9.17) is 0 Å². The first-order valence-electron chi connectivity index (χ1n) is 11.0. The van der Waals surface area contributed by atoms with E-state index in [1.807, 2.05) is 67.7 Å². The molecular weight excluding hydrogens is 416 g/mol. The highest BCUT2D eigenvalue weighted by Crippen LogP contribution is 2.01. The summed E-state index contributed by atoms with van der Waals surface area (Å²) in [6, 6.07) is 18.7. The summed E-state index contributed by atoms with van der Waals surface area (Å²) < 4.78 is 2.69. The van der Waals surface area contributed by atoms with E-state index in [2.05, 4.69) is 4.90 Å². The maximum Gasteiger partial charge on any atom is 0.275 e. The Kier molecular flexibility index (Phi) is 6.70. The molecule has 1 amide bonds. The van der Waals surface area contributed by atoms with Gasteiger partial charge in [-0.15, -0.1) is 0 Å². The van der Waals surface area contributed by atoms with Crippen molar-refractivity contribution in [2.24, 2.45) is 7.05 Å². The van der Waals surface area contributed by atoms with Crippen molar-refractivity contribution in [1.29, 1.82) is 0 Å². The van der Waals surface area contributed by atoms with E-state index in [1.54, 1.807) is 24.1 Å². The molecule has 7 heteroatoms. The van der Waals surface area contributed by atoms with Crippen molar-refractivity contribution in [3.8, 4) is 0 Å². The molecule has 4 rings (SSSR count). The van der Waals surface area contributed by atoms with Gasteiger partial charge in [-0.3, -0.25) is 19.0 Å². The van der Waals surface area contributed by atoms with Gasteiger partial charge in [0.25, 0.3) is 11.1 Å². The van der Waals surface area contributed by atoms with Crippen molar-refractivity contribution in [2.45, 2.75) is 6.54 Å². The number of benzene rings is 2. The van der Waals surface area contributed by atoms with Crippen molar-refractivity contribution < 1.29 is 4.79 Å². The Balaban J connectivity index is 1.89. The molecule has 0 radical (unpaired) electrons. The molecule has 1 aliphatic heterocycles. The number of carbonyl (C=O) groups is 1. The van der Waals surface area contributed by atoms with Gasteiger partial charge < -0.3 is 14.4 Å². The number of hydrogen-bond donors (Lipinski definition) is 0. The van der Waals surface area contributed by atoms with E-state index in [9.17, 15) is 14.4 Å². The van der Waals surface area contributed by atoms with Crippen LogP contribution < -0.4 is 21.8 Å². The summed E-state index contributed by atoms with van der Waals surface area (Å²) in [5.74, 6) is -0.160. The zero-order valence-electron chi connectivity index (χ0n) is 19.0. The molecule has 0 bridgehead atoms. The zero-order chi connectivity index (χ0) is 23.4. The van der Waals surface area contributed by atoms with Gasteiger partial charge in [-0.1, -0.05) is 60.7 Å². The van der Waals surface area contributed by atoms with E-state index >= 15 is 0 Å². The molecule has 1 saturated heterocycles. The van der Waals surface area contributed by atoms with Crippen LogP contribution in [-0.2, 0) is 18.4 Å². The Hall–Kier alpha value is -3.71. The summed E-state index contributed by atoms with van der Waals surface area (Å²) in [7, 11) is 3.61. The van der Waals surface area contributed by atoms with Crippen molar-refractivity contribution in [3.63, 3.8) is 0 Å². The predicted octanol–water partition coefficient (Wildman–Crippen LogP) is -0.0214. The number of amides is 1. The number of rotatable bonds is 4. The van der Waals surface area contributed by atoms with Gasteiger partial charge in [-0.25, -0.2) is 0 Å². The molecule has 0 N–H and O–H groups in total. The lowest BCUT2D eigenvalue weighted by atomic mass is 10.2. The largest absolute Gasteiger partial charge is 0.339 e. The van der Waals surface area contributed by atoms with Crippen LogP contribution in [0.5, 0.6) is 0 Å². The van der Waals surface area contributed by atoms with Crippen LogP contribution in [0.15, 0.2) is 70.3 Å². The summed E-state index contributed by atoms with van der Waals surface area (Å²) >= 11 is 0. The fourth-order valence-electron chi connectivity index (χ4n) is 3.95. The predicted molar refractivity (Wildman–Crippen MR) is 129 cm³/mol. The van der Waals surface area contributed by atoms with Crippen LogP contribution in [0.2, 0.25) is 0 Å². The quantitative estimate of drug-likeness (QED) is 0.567. The molecular formula is C26H28N4O3. The molecule has 0 spiro atoms. The molecule has 3 aromatic rings. The second kappa shape index (κ2) is 9.83. The van der Waals surface area contributed by atoms with Gasteiger partial charge in [-0.2, -0.15) is 0 Å². The van der Waals surface area contributed by atoms with Crippen LogP contribution in [0, 0.1) is 0 Å². The Morgan fingerprint density at radius 1 is 0.758 bits per heavy atom. The minimum absolute atomic E-state index is 0.160. The average molecular weight is 445 g/mol. The first-order valence-corrected chi connectivity index (χ1v) is 11.0. The van der Waals surface area contributed by atoms with Crippen LogP contribution in [-0.4, -0.2) is 58.1 Å². The van der Waals surface area contributed by atoms with E-state index in [-0.39, 0.29) is 34.3 Å². The first-order chi connectivity index (χ1) is 15.9. The van der Waals surface area contributed by atoms with E-state index in [0.29, 0.717) is 13.1 Å². The lowest BCUT2D eigenvalue weighted by Crippen LogP contribution is -2.59. The molecule has 2 aromatic carbocycles. The van der Waals surface area contributed by atoms with Gasteiger partial charge in [0.2, 0.25) is 5.91 Å². The first kappa shape index (κ1) is 22.5. The molecule has 0 atom stereocenters. The summed E-state index contributed by atoms with van der Waals surface area (Å²) in [4.78, 5) is 44.0. The second-order valence-electron chi connectivity index (χ2n) is 8.32. The third kappa shape index (κ3) is 5.04. The Morgan fingerprint density at radius 2 is 1.27 bits per heavy atom. The van der Waals surface area contributed by atoms with Crippen molar-refractivity contribution in [2.75, 3.05) is 33.2 Å². The number of hydrogen-bond acceptors (Lipinski definition) is 4. The Morgan fingerprint density at radius 3 is 1.82 bits per heavy atom. The number of aromatic nitrogens is 2. The van der Waals surface area contributed by atoms with E-state index < -0.39 is 0 Å². The van der Waals surface area contributed by atoms with Gasteiger partial charge >= 0.3 is 0 Å². The zero-order valence-corrected chi connectivity index (χ0v) is 19.0. The number of nitrogens with zero attached hydrogens (tertiary/aromatic N) is 4. The third-order valence-corrected chi connectivity index (χ3v) is 6.00. The van der Waals surface area contributed by atoms with Crippen LogP contribution in [0.4, 0.5) is 0 Å². The van der Waals surface area contributed by atoms with Crippen LogP contribution in [0.3, 0.4) is 0 Å². The van der Waals surface area contributed by atoms with Crippen molar-refractivity contribution >= 4 is 18.1 Å². The van der Waals surface area contributed by atoms with Gasteiger partial charge in [0.1, 0.15) is 17.2 Å². The molecule has 1 fully saturated rings. The minimum atomic E-state index is -0.370. The molecule has 0 saturated carbocycles. The number of likely N-dealkylation sites (N-methyl/N-ethyl adjacent to an activating group) is 1. The molecule has 0 unspecified atom stereocenters. The molecule has 0 aliphatic carbocycles. The lowest BCUT2D eigenvalue weighted by Gasteiger charge is -2.32. The normalized spacial score (nSPS) is 15.8. The molecule has 33 heavy (non-hydrogen) atoms. The van der Waals surface area contributed by atoms with Crippen molar-refractivity contribution in [3.05, 3.63) is 103 Å². The maximum absolute atomic E-state index is 13.6. The second-order valence-corrected chi connectivity index (χ2v) is 8.32. The van der Waals surface area contributed by atoms with E-state index in [1.165, 1.54) is 9.13 Å². The summed E-state index contributed by atoms with van der Waals surface area (Å²) in [6.07, 6.45) is 3.36. The van der Waals surface area contributed by atoms with Gasteiger partial charge in [0, 0.05) is 33.2 Å². The maximum atomic E-state index is 13.6. The highest BCUT2D eigenvalue weighted by Gasteiger charge is 2.21. The average Bonchev–Trinajstić information content (AvgIpc) is 2.84. The van der Waals surface area contributed by atoms with Gasteiger partial charge in [-0.05, 0) is 30.3 Å². The smallest absolute Gasteiger partial charge is 0.275 e. The van der Waals surface area contributed by atoms with Crippen LogP contribution in [0.1, 0.15) is 11.1 Å². The monoisotopic (exact) mass is 444 g/mol. The van der Waals surface area contributed by atoms with Gasteiger partial charge in [0.15, 0.2) is 0 Å². The molecule has 170 valence electrons.